The van der Waals surface area contributed by atoms with Crippen LogP contribution in [0.2, 0.25) is 0 Å². The monoisotopic (exact) mass is 271 g/mol. The van der Waals surface area contributed by atoms with Gasteiger partial charge in [-0.05, 0) is 35.7 Å². The second-order valence-electron chi connectivity index (χ2n) is 4.53. The van der Waals surface area contributed by atoms with Crippen LogP contribution in [-0.2, 0) is 17.8 Å². The summed E-state index contributed by atoms with van der Waals surface area (Å²) in [6, 6.07) is 14.0. The quantitative estimate of drug-likeness (QED) is 0.782. The van der Waals surface area contributed by atoms with Crippen LogP contribution in [0.5, 0.6) is 5.75 Å². The number of aromatic hydroxyl groups is 1. The SMILES string of the molecule is O=C(CCc1ccccc1O)Nc1ccc(CO)cc1. The molecule has 0 aliphatic heterocycles. The van der Waals surface area contributed by atoms with Crippen molar-refractivity contribution in [1.29, 1.82) is 0 Å². The number of nitrogens with one attached hydrogen (secondary N) is 1. The lowest BCUT2D eigenvalue weighted by molar-refractivity contribution is -0.116. The summed E-state index contributed by atoms with van der Waals surface area (Å²) in [4.78, 5) is 11.8. The van der Waals surface area contributed by atoms with Crippen molar-refractivity contribution < 1.29 is 15.0 Å². The highest BCUT2D eigenvalue weighted by molar-refractivity contribution is 5.90. The molecule has 0 saturated carbocycles. The number of hydrogen-bond donors (Lipinski definition) is 3. The molecule has 0 saturated heterocycles. The average Bonchev–Trinajstić information content (AvgIpc) is 2.47. The highest BCUT2D eigenvalue weighted by atomic mass is 16.3. The Hall–Kier alpha value is -2.33. The smallest absolute Gasteiger partial charge is 0.224 e. The van der Waals surface area contributed by atoms with Crippen LogP contribution >= 0.6 is 0 Å². The summed E-state index contributed by atoms with van der Waals surface area (Å²) in [6.45, 7) is -0.0124. The van der Waals surface area contributed by atoms with E-state index in [0.29, 0.717) is 18.5 Å². The lowest BCUT2D eigenvalue weighted by atomic mass is 10.1. The van der Waals surface area contributed by atoms with Gasteiger partial charge in [0.1, 0.15) is 5.75 Å². The Labute approximate surface area is 117 Å². The minimum Gasteiger partial charge on any atom is -0.508 e. The van der Waals surface area contributed by atoms with Gasteiger partial charge in [0.05, 0.1) is 6.61 Å². The fourth-order valence-electron chi connectivity index (χ4n) is 1.89. The Morgan fingerprint density at radius 2 is 1.75 bits per heavy atom. The number of hydrogen-bond acceptors (Lipinski definition) is 3. The van der Waals surface area contributed by atoms with Crippen LogP contribution in [0, 0.1) is 0 Å². The van der Waals surface area contributed by atoms with E-state index < -0.39 is 0 Å². The van der Waals surface area contributed by atoms with Crippen molar-refractivity contribution in [1.82, 2.24) is 0 Å². The topological polar surface area (TPSA) is 69.6 Å². The van der Waals surface area contributed by atoms with Crippen molar-refractivity contribution in [2.24, 2.45) is 0 Å². The fraction of sp³-hybridized carbons (Fsp3) is 0.188. The van der Waals surface area contributed by atoms with E-state index in [2.05, 4.69) is 5.32 Å². The zero-order chi connectivity index (χ0) is 14.4. The molecule has 0 radical (unpaired) electrons. The molecule has 2 aromatic carbocycles. The van der Waals surface area contributed by atoms with Gasteiger partial charge in [-0.2, -0.15) is 0 Å². The molecular weight excluding hydrogens is 254 g/mol. The maximum atomic E-state index is 11.8. The number of aliphatic hydroxyl groups is 1. The molecule has 0 bridgehead atoms. The Morgan fingerprint density at radius 3 is 2.40 bits per heavy atom. The third-order valence-corrected chi connectivity index (χ3v) is 3.03. The zero-order valence-electron chi connectivity index (χ0n) is 11.0. The van der Waals surface area contributed by atoms with Gasteiger partial charge in [0.25, 0.3) is 0 Å². The van der Waals surface area contributed by atoms with Crippen LogP contribution in [0.25, 0.3) is 0 Å². The summed E-state index contributed by atoms with van der Waals surface area (Å²) in [5, 5.41) is 21.3. The first-order valence-electron chi connectivity index (χ1n) is 6.45. The molecule has 0 unspecified atom stereocenters. The van der Waals surface area contributed by atoms with E-state index in [1.165, 1.54) is 0 Å². The van der Waals surface area contributed by atoms with Gasteiger partial charge in [-0.1, -0.05) is 30.3 Å². The second-order valence-corrected chi connectivity index (χ2v) is 4.53. The Bertz CT molecular complexity index is 579. The van der Waals surface area contributed by atoms with E-state index in [1.54, 1.807) is 42.5 Å². The number of amides is 1. The molecule has 3 N–H and O–H groups in total. The van der Waals surface area contributed by atoms with Gasteiger partial charge in [-0.15, -0.1) is 0 Å². The van der Waals surface area contributed by atoms with Gasteiger partial charge >= 0.3 is 0 Å². The molecule has 4 heteroatoms. The molecule has 0 fully saturated rings. The first-order chi connectivity index (χ1) is 9.69. The molecular formula is C16H17NO3. The zero-order valence-corrected chi connectivity index (χ0v) is 11.0. The highest BCUT2D eigenvalue weighted by Crippen LogP contribution is 2.17. The van der Waals surface area contributed by atoms with Crippen LogP contribution in [0.4, 0.5) is 5.69 Å². The molecule has 2 rings (SSSR count). The van der Waals surface area contributed by atoms with Crippen LogP contribution in [-0.4, -0.2) is 16.1 Å². The Kier molecular flexibility index (Phi) is 4.74. The maximum absolute atomic E-state index is 11.8. The third-order valence-electron chi connectivity index (χ3n) is 3.03. The average molecular weight is 271 g/mol. The lowest BCUT2D eigenvalue weighted by Gasteiger charge is -2.07. The molecule has 0 atom stereocenters. The van der Waals surface area contributed by atoms with E-state index in [4.69, 9.17) is 5.11 Å². The number of para-hydroxylation sites is 1. The van der Waals surface area contributed by atoms with Gasteiger partial charge in [-0.25, -0.2) is 0 Å². The summed E-state index contributed by atoms with van der Waals surface area (Å²) < 4.78 is 0. The molecule has 104 valence electrons. The molecule has 0 heterocycles. The number of carbonyl (C=O) groups excluding carboxylic acids is 1. The Morgan fingerprint density at radius 1 is 1.05 bits per heavy atom. The number of phenols is 1. The minimum atomic E-state index is -0.106. The molecule has 0 aliphatic rings. The molecule has 20 heavy (non-hydrogen) atoms. The molecule has 4 nitrogen and oxygen atoms in total. The number of aryl methyl sites for hydroxylation is 1. The summed E-state index contributed by atoms with van der Waals surface area (Å²) in [7, 11) is 0. The standard InChI is InChI=1S/C16H17NO3/c18-11-12-5-8-14(9-6-12)17-16(20)10-7-13-3-1-2-4-15(13)19/h1-6,8-9,18-19H,7,10-11H2,(H,17,20). The van der Waals surface area contributed by atoms with Gasteiger partial charge < -0.3 is 15.5 Å². The summed E-state index contributed by atoms with van der Waals surface area (Å²) in [5.74, 6) is 0.109. The van der Waals surface area contributed by atoms with E-state index in [1.807, 2.05) is 6.07 Å². The number of phenolic OH excluding ortho intramolecular Hbond substituents is 1. The van der Waals surface area contributed by atoms with Crippen LogP contribution in [0.3, 0.4) is 0 Å². The minimum absolute atomic E-state index is 0.0124. The largest absolute Gasteiger partial charge is 0.508 e. The van der Waals surface area contributed by atoms with Gasteiger partial charge in [0, 0.05) is 12.1 Å². The highest BCUT2D eigenvalue weighted by Gasteiger charge is 2.05. The third kappa shape index (κ3) is 3.83. The van der Waals surface area contributed by atoms with Crippen LogP contribution in [0.15, 0.2) is 48.5 Å². The van der Waals surface area contributed by atoms with E-state index in [-0.39, 0.29) is 18.3 Å². The van der Waals surface area contributed by atoms with Crippen molar-refractivity contribution >= 4 is 11.6 Å². The van der Waals surface area contributed by atoms with Crippen molar-refractivity contribution in [3.05, 3.63) is 59.7 Å². The first kappa shape index (κ1) is 14.1. The summed E-state index contributed by atoms with van der Waals surface area (Å²) >= 11 is 0. The summed E-state index contributed by atoms with van der Waals surface area (Å²) in [5.41, 5.74) is 2.26. The lowest BCUT2D eigenvalue weighted by Crippen LogP contribution is -2.12. The van der Waals surface area contributed by atoms with Crippen molar-refractivity contribution in [2.45, 2.75) is 19.4 Å². The van der Waals surface area contributed by atoms with Crippen molar-refractivity contribution in [3.8, 4) is 5.75 Å². The van der Waals surface area contributed by atoms with Gasteiger partial charge in [-0.3, -0.25) is 4.79 Å². The van der Waals surface area contributed by atoms with E-state index >= 15 is 0 Å². The molecule has 2 aromatic rings. The normalized spacial score (nSPS) is 10.2. The number of benzene rings is 2. The fourth-order valence-corrected chi connectivity index (χ4v) is 1.89. The molecule has 1 amide bonds. The summed E-state index contributed by atoms with van der Waals surface area (Å²) in [6.07, 6.45) is 0.798. The van der Waals surface area contributed by atoms with Crippen LogP contribution < -0.4 is 5.32 Å². The van der Waals surface area contributed by atoms with Crippen LogP contribution in [0.1, 0.15) is 17.5 Å². The maximum Gasteiger partial charge on any atom is 0.224 e. The molecule has 0 aromatic heterocycles. The van der Waals surface area contributed by atoms with E-state index in [9.17, 15) is 9.90 Å². The number of carbonyl (C=O) groups is 1. The predicted molar refractivity (Wildman–Crippen MR) is 77.4 cm³/mol. The van der Waals surface area contributed by atoms with Gasteiger partial charge in [0.2, 0.25) is 5.91 Å². The van der Waals surface area contributed by atoms with E-state index in [0.717, 1.165) is 11.1 Å². The number of rotatable bonds is 5. The van der Waals surface area contributed by atoms with Gasteiger partial charge in [0.15, 0.2) is 0 Å². The first-order valence-corrected chi connectivity index (χ1v) is 6.45. The second kappa shape index (κ2) is 6.73. The van der Waals surface area contributed by atoms with Crippen molar-refractivity contribution in [2.75, 3.05) is 5.32 Å². The predicted octanol–water partition coefficient (Wildman–Crippen LogP) is 2.46. The molecule has 0 spiro atoms. The number of anilines is 1. The molecule has 0 aliphatic carbocycles. The number of aliphatic hydroxyl groups excluding tert-OH is 1. The Balaban J connectivity index is 1.87. The van der Waals surface area contributed by atoms with Crippen molar-refractivity contribution in [3.63, 3.8) is 0 Å².